The molecule has 0 aliphatic heterocycles. The number of rotatable bonds is 6. The van der Waals surface area contributed by atoms with E-state index in [2.05, 4.69) is 5.32 Å². The Hall–Kier alpha value is -0.500. The summed E-state index contributed by atoms with van der Waals surface area (Å²) in [6.45, 7) is 5.87. The van der Waals surface area contributed by atoms with Crippen LogP contribution in [-0.4, -0.2) is 49.5 Å². The summed E-state index contributed by atoms with van der Waals surface area (Å²) in [4.78, 5) is 11.0. The van der Waals surface area contributed by atoms with E-state index >= 15 is 0 Å². The van der Waals surface area contributed by atoms with Gasteiger partial charge in [-0.15, -0.1) is 0 Å². The largest absolute Gasteiger partial charge is 0.383 e. The molecule has 0 aromatic carbocycles. The Balaban J connectivity index is 4.94. The van der Waals surface area contributed by atoms with Gasteiger partial charge in [0.05, 0.1) is 27.2 Å². The van der Waals surface area contributed by atoms with Crippen LogP contribution in [0.4, 0.5) is 0 Å². The van der Waals surface area contributed by atoms with Crippen LogP contribution in [0.15, 0.2) is 0 Å². The first kappa shape index (κ1) is 16.5. The van der Waals surface area contributed by atoms with Crippen LogP contribution in [0.25, 0.3) is 0 Å². The van der Waals surface area contributed by atoms with Gasteiger partial charge < -0.3 is 19.2 Å². The van der Waals surface area contributed by atoms with Gasteiger partial charge in [0.15, 0.2) is 0 Å². The highest BCUT2D eigenvalue weighted by Crippen LogP contribution is 2.28. The van der Waals surface area contributed by atoms with E-state index in [1.165, 1.54) is 21.0 Å². The van der Waals surface area contributed by atoms with Crippen molar-refractivity contribution in [3.05, 3.63) is 0 Å². The molecule has 0 aliphatic rings. The minimum atomic E-state index is -4.83. The van der Waals surface area contributed by atoms with Crippen LogP contribution in [0, 0.1) is 0 Å². The van der Waals surface area contributed by atoms with E-state index in [0.29, 0.717) is 0 Å². The lowest BCUT2D eigenvalue weighted by Gasteiger charge is -2.42. The third-order valence-corrected chi connectivity index (χ3v) is 5.37. The van der Waals surface area contributed by atoms with Gasteiger partial charge in [-0.2, -0.15) is 0 Å². The van der Waals surface area contributed by atoms with Gasteiger partial charge in [0.25, 0.3) is 0 Å². The molecular weight excluding hydrogens is 246 g/mol. The normalized spacial score (nSPS) is 17.0. The molecule has 0 bridgehead atoms. The molecule has 1 amide bonds. The second-order valence-electron chi connectivity index (χ2n) is 5.06. The van der Waals surface area contributed by atoms with Crippen molar-refractivity contribution in [1.82, 2.24) is 5.32 Å². The predicted octanol–water partition coefficient (Wildman–Crippen LogP) is 0.702. The third-order valence-electron chi connectivity index (χ3n) is 2.36. The molecule has 0 aromatic heterocycles. The van der Waals surface area contributed by atoms with Gasteiger partial charge in [-0.3, -0.25) is 4.79 Å². The number of methoxy groups -OCH3 is 1. The highest BCUT2D eigenvalue weighted by molar-refractivity contribution is 8.10. The molecule has 0 saturated heterocycles. The predicted molar refractivity (Wildman–Crippen MR) is 67.5 cm³/mol. The maximum Gasteiger partial charge on any atom is 0.217 e. The van der Waals surface area contributed by atoms with Crippen LogP contribution in [0.5, 0.6) is 0 Å². The van der Waals surface area contributed by atoms with Gasteiger partial charge >= 0.3 is 0 Å². The van der Waals surface area contributed by atoms with Crippen LogP contribution in [0.2, 0.25) is 0 Å². The Morgan fingerprint density at radius 2 is 1.94 bits per heavy atom. The summed E-state index contributed by atoms with van der Waals surface area (Å²) in [5, 5.41) is 1.60. The SMILES string of the molecule is COCC(C)S(=O)(O)(O)CC(C)(C)NC(C)=O. The fraction of sp³-hybridized carbons (Fsp3) is 0.900. The van der Waals surface area contributed by atoms with Gasteiger partial charge in [-0.25, -0.2) is 4.21 Å². The standard InChI is InChI=1S/C10H23NO5S/c1-8(6-16-5)17(13,14,15)7-10(3,4)11-9(2)12/h8H,6-7H2,1-5H3,(H,11,12)(H2,13,14,15). The third kappa shape index (κ3) is 5.58. The lowest BCUT2D eigenvalue weighted by Crippen LogP contribution is -2.58. The summed E-state index contributed by atoms with van der Waals surface area (Å²) in [6.07, 6.45) is 0. The number of ether oxygens (including phenoxy) is 1. The van der Waals surface area contributed by atoms with Crippen LogP contribution in [0.1, 0.15) is 27.7 Å². The minimum Gasteiger partial charge on any atom is -0.383 e. The fourth-order valence-electron chi connectivity index (χ4n) is 1.70. The minimum absolute atomic E-state index is 0.0332. The number of hydrogen-bond acceptors (Lipinski definition) is 3. The zero-order chi connectivity index (χ0) is 13.9. The number of amides is 1. The topological polar surface area (TPSA) is 95.9 Å². The van der Waals surface area contributed by atoms with E-state index in [1.807, 2.05) is 0 Å². The number of hydrogen-bond donors (Lipinski definition) is 3. The summed E-state index contributed by atoms with van der Waals surface area (Å²) in [7, 11) is -3.44. The summed E-state index contributed by atoms with van der Waals surface area (Å²) in [5.41, 5.74) is -0.971. The molecule has 6 nitrogen and oxygen atoms in total. The van der Waals surface area contributed by atoms with Crippen molar-refractivity contribution in [3.63, 3.8) is 0 Å². The molecule has 104 valence electrons. The second kappa shape index (κ2) is 5.01. The van der Waals surface area contributed by atoms with Gasteiger partial charge in [0.2, 0.25) is 5.91 Å². The summed E-state index contributed by atoms with van der Waals surface area (Å²) < 4.78 is 36.7. The highest BCUT2D eigenvalue weighted by Gasteiger charge is 2.43. The molecule has 0 aliphatic carbocycles. The van der Waals surface area contributed by atoms with E-state index in [4.69, 9.17) is 4.74 Å². The van der Waals surface area contributed by atoms with Crippen molar-refractivity contribution in [3.8, 4) is 0 Å². The van der Waals surface area contributed by atoms with E-state index in [-0.39, 0.29) is 12.5 Å². The van der Waals surface area contributed by atoms with Crippen molar-refractivity contribution in [2.45, 2.75) is 38.5 Å². The molecule has 0 aromatic rings. The molecule has 7 heteroatoms. The zero-order valence-electron chi connectivity index (χ0n) is 11.0. The van der Waals surface area contributed by atoms with Gasteiger partial charge in [-0.05, 0) is 20.8 Å². The van der Waals surface area contributed by atoms with Crippen LogP contribution in [-0.2, 0) is 19.2 Å². The molecule has 0 rings (SSSR count). The van der Waals surface area contributed by atoms with Crippen molar-refractivity contribution in [1.29, 1.82) is 0 Å². The van der Waals surface area contributed by atoms with E-state index in [1.54, 1.807) is 13.8 Å². The Kier molecular flexibility index (Phi) is 4.86. The first-order valence-electron chi connectivity index (χ1n) is 5.30. The van der Waals surface area contributed by atoms with E-state index < -0.39 is 26.2 Å². The van der Waals surface area contributed by atoms with Gasteiger partial charge in [0, 0.05) is 19.6 Å². The average Bonchev–Trinajstić information content (AvgIpc) is 1.97. The second-order valence-corrected chi connectivity index (χ2v) is 8.31. The molecule has 0 heterocycles. The summed E-state index contributed by atoms with van der Waals surface area (Å²) in [5.74, 6) is -0.758. The Morgan fingerprint density at radius 3 is 2.29 bits per heavy atom. The maximum atomic E-state index is 12.2. The monoisotopic (exact) mass is 269 g/mol. The van der Waals surface area contributed by atoms with E-state index in [9.17, 15) is 18.1 Å². The summed E-state index contributed by atoms with van der Waals surface area (Å²) >= 11 is 0. The molecule has 0 fully saturated rings. The molecule has 0 radical (unpaired) electrons. The Morgan fingerprint density at radius 1 is 1.47 bits per heavy atom. The van der Waals surface area contributed by atoms with Crippen LogP contribution < -0.4 is 5.32 Å². The maximum absolute atomic E-state index is 12.2. The van der Waals surface area contributed by atoms with Crippen molar-refractivity contribution >= 4 is 15.5 Å². The molecule has 17 heavy (non-hydrogen) atoms. The van der Waals surface area contributed by atoms with Crippen molar-refractivity contribution in [2.75, 3.05) is 19.5 Å². The van der Waals surface area contributed by atoms with Gasteiger partial charge in [0.1, 0.15) is 0 Å². The quantitative estimate of drug-likeness (QED) is 0.659. The van der Waals surface area contributed by atoms with Crippen molar-refractivity contribution in [2.24, 2.45) is 0 Å². The average molecular weight is 269 g/mol. The molecule has 1 atom stereocenters. The molecule has 0 spiro atoms. The number of carbonyl (C=O) groups is 1. The molecular formula is C10H23NO5S. The summed E-state index contributed by atoms with van der Waals surface area (Å²) in [6, 6.07) is 0. The number of nitrogens with one attached hydrogen (secondary N) is 1. The first-order chi connectivity index (χ1) is 7.38. The van der Waals surface area contributed by atoms with Crippen LogP contribution >= 0.6 is 0 Å². The van der Waals surface area contributed by atoms with Gasteiger partial charge in [-0.1, -0.05) is 0 Å². The Labute approximate surface area is 102 Å². The van der Waals surface area contributed by atoms with E-state index in [0.717, 1.165) is 0 Å². The zero-order valence-corrected chi connectivity index (χ0v) is 11.8. The molecule has 1 unspecified atom stereocenters. The molecule has 0 saturated carbocycles. The Bertz CT molecular complexity index is 347. The number of carbonyl (C=O) groups excluding carboxylic acids is 1. The smallest absolute Gasteiger partial charge is 0.217 e. The van der Waals surface area contributed by atoms with Crippen molar-refractivity contribution < 1.29 is 22.8 Å². The lowest BCUT2D eigenvalue weighted by atomic mass is 10.1. The fourth-order valence-corrected chi connectivity index (χ4v) is 3.83. The molecule has 3 N–H and O–H groups in total. The highest BCUT2D eigenvalue weighted by atomic mass is 32.3. The van der Waals surface area contributed by atoms with Crippen LogP contribution in [0.3, 0.4) is 0 Å². The first-order valence-corrected chi connectivity index (χ1v) is 7.41. The lowest BCUT2D eigenvalue weighted by molar-refractivity contribution is -0.120.